The minimum atomic E-state index is -2.52. The molecule has 0 saturated carbocycles. The summed E-state index contributed by atoms with van der Waals surface area (Å²) >= 11 is 3.25. The summed E-state index contributed by atoms with van der Waals surface area (Å²) in [6.45, 7) is 2.50. The number of piperazine rings is 1. The molecular formula is C12H15BrF2N2O. The third kappa shape index (κ3) is 2.99. The lowest BCUT2D eigenvalue weighted by Crippen LogP contribution is -2.46. The predicted octanol–water partition coefficient (Wildman–Crippen LogP) is 2.37. The molecule has 1 saturated heterocycles. The van der Waals surface area contributed by atoms with Gasteiger partial charge in [0.1, 0.15) is 11.8 Å². The van der Waals surface area contributed by atoms with Crippen LogP contribution in [0, 0.1) is 0 Å². The van der Waals surface area contributed by atoms with E-state index in [2.05, 4.69) is 21.2 Å². The Kier molecular flexibility index (Phi) is 4.53. The second kappa shape index (κ2) is 5.95. The zero-order chi connectivity index (χ0) is 13.1. The van der Waals surface area contributed by atoms with Gasteiger partial charge >= 0.3 is 0 Å². The second-order valence-electron chi connectivity index (χ2n) is 4.27. The molecule has 1 heterocycles. The molecular weight excluding hydrogens is 306 g/mol. The van der Waals surface area contributed by atoms with Gasteiger partial charge in [-0.25, -0.2) is 8.78 Å². The van der Waals surface area contributed by atoms with Gasteiger partial charge in [0.15, 0.2) is 0 Å². The van der Waals surface area contributed by atoms with Crippen LogP contribution in [-0.4, -0.2) is 42.6 Å². The molecule has 100 valence electrons. The van der Waals surface area contributed by atoms with Crippen LogP contribution in [0.15, 0.2) is 22.7 Å². The van der Waals surface area contributed by atoms with Crippen LogP contribution in [0.5, 0.6) is 5.75 Å². The molecule has 3 nitrogen and oxygen atoms in total. The van der Waals surface area contributed by atoms with Crippen molar-refractivity contribution in [3.05, 3.63) is 28.2 Å². The quantitative estimate of drug-likeness (QED) is 0.897. The molecule has 0 aliphatic carbocycles. The van der Waals surface area contributed by atoms with E-state index in [4.69, 9.17) is 0 Å². The summed E-state index contributed by atoms with van der Waals surface area (Å²) in [7, 11) is 0. The molecule has 2 rings (SSSR count). The van der Waals surface area contributed by atoms with Gasteiger partial charge in [0.05, 0.1) is 0 Å². The van der Waals surface area contributed by atoms with Gasteiger partial charge in [0.25, 0.3) is 6.43 Å². The van der Waals surface area contributed by atoms with Gasteiger partial charge in [-0.05, 0) is 18.2 Å². The second-order valence-corrected chi connectivity index (χ2v) is 5.18. The molecule has 18 heavy (non-hydrogen) atoms. The van der Waals surface area contributed by atoms with Crippen molar-refractivity contribution in [3.8, 4) is 5.75 Å². The number of aromatic hydroxyl groups is 1. The molecule has 0 unspecified atom stereocenters. The first-order chi connectivity index (χ1) is 8.59. The van der Waals surface area contributed by atoms with Crippen molar-refractivity contribution in [1.29, 1.82) is 0 Å². The lowest BCUT2D eigenvalue weighted by Gasteiger charge is -2.34. The summed E-state index contributed by atoms with van der Waals surface area (Å²) < 4.78 is 27.3. The first kappa shape index (κ1) is 13.7. The maximum atomic E-state index is 13.3. The summed E-state index contributed by atoms with van der Waals surface area (Å²) in [6.07, 6.45) is -2.52. The fourth-order valence-corrected chi connectivity index (χ4v) is 2.59. The highest BCUT2D eigenvalue weighted by molar-refractivity contribution is 9.10. The van der Waals surface area contributed by atoms with Gasteiger partial charge in [0.2, 0.25) is 0 Å². The molecule has 1 aromatic carbocycles. The van der Waals surface area contributed by atoms with Gasteiger partial charge in [-0.1, -0.05) is 15.9 Å². The normalized spacial score (nSPS) is 19.1. The Labute approximate surface area is 113 Å². The number of nitrogens with one attached hydrogen (secondary N) is 1. The number of halogens is 3. The first-order valence-corrected chi connectivity index (χ1v) is 6.60. The highest BCUT2D eigenvalue weighted by atomic mass is 79.9. The number of alkyl halides is 2. The zero-order valence-electron chi connectivity index (χ0n) is 9.74. The first-order valence-electron chi connectivity index (χ1n) is 5.81. The Morgan fingerprint density at radius 3 is 2.56 bits per heavy atom. The third-order valence-electron chi connectivity index (χ3n) is 3.09. The van der Waals surface area contributed by atoms with E-state index in [-0.39, 0.29) is 11.3 Å². The van der Waals surface area contributed by atoms with E-state index in [1.54, 1.807) is 17.0 Å². The minimum Gasteiger partial charge on any atom is -0.508 e. The Morgan fingerprint density at radius 2 is 1.94 bits per heavy atom. The lowest BCUT2D eigenvalue weighted by molar-refractivity contribution is 0.0170. The number of nitrogens with zero attached hydrogens (tertiary/aromatic N) is 1. The number of benzene rings is 1. The number of hydrogen-bond donors (Lipinski definition) is 2. The number of phenols is 1. The molecule has 1 fully saturated rings. The van der Waals surface area contributed by atoms with E-state index in [9.17, 15) is 13.9 Å². The van der Waals surface area contributed by atoms with Crippen molar-refractivity contribution >= 4 is 15.9 Å². The fraction of sp³-hybridized carbons (Fsp3) is 0.500. The molecule has 1 aliphatic rings. The average Bonchev–Trinajstić information content (AvgIpc) is 2.35. The molecule has 1 aromatic rings. The van der Waals surface area contributed by atoms with Crippen molar-refractivity contribution in [2.45, 2.75) is 12.5 Å². The molecule has 0 amide bonds. The average molecular weight is 321 g/mol. The van der Waals surface area contributed by atoms with Gasteiger partial charge in [-0.15, -0.1) is 0 Å². The summed E-state index contributed by atoms with van der Waals surface area (Å²) in [5.41, 5.74) is 0.279. The summed E-state index contributed by atoms with van der Waals surface area (Å²) in [5, 5.41) is 12.9. The number of rotatable bonds is 3. The standard InChI is InChI=1S/C12H15BrF2N2O/c13-8-1-2-10(18)9(7-8)11(12(14)15)17-5-3-16-4-6-17/h1-2,7,11-12,16,18H,3-6H2/t11-/m1/s1. The highest BCUT2D eigenvalue weighted by Crippen LogP contribution is 2.35. The summed E-state index contributed by atoms with van der Waals surface area (Å²) in [6, 6.07) is 3.59. The smallest absolute Gasteiger partial charge is 0.258 e. The molecule has 1 atom stereocenters. The van der Waals surface area contributed by atoms with E-state index in [1.165, 1.54) is 6.07 Å². The van der Waals surface area contributed by atoms with Crippen LogP contribution in [0.1, 0.15) is 11.6 Å². The van der Waals surface area contributed by atoms with E-state index in [1.807, 2.05) is 0 Å². The Bertz CT molecular complexity index is 411. The largest absolute Gasteiger partial charge is 0.508 e. The van der Waals surface area contributed by atoms with E-state index < -0.39 is 12.5 Å². The van der Waals surface area contributed by atoms with Gasteiger partial charge in [0, 0.05) is 36.2 Å². The van der Waals surface area contributed by atoms with Crippen LogP contribution in [0.2, 0.25) is 0 Å². The Hall–Kier alpha value is -0.720. The molecule has 0 aromatic heterocycles. The van der Waals surface area contributed by atoms with Crippen LogP contribution >= 0.6 is 15.9 Å². The molecule has 2 N–H and O–H groups in total. The molecule has 6 heteroatoms. The summed E-state index contributed by atoms with van der Waals surface area (Å²) in [4.78, 5) is 1.71. The number of phenolic OH excluding ortho intramolecular Hbond substituents is 1. The molecule has 0 spiro atoms. The van der Waals surface area contributed by atoms with Crippen molar-refractivity contribution in [3.63, 3.8) is 0 Å². The fourth-order valence-electron chi connectivity index (χ4n) is 2.21. The number of hydrogen-bond acceptors (Lipinski definition) is 3. The van der Waals surface area contributed by atoms with Crippen molar-refractivity contribution in [1.82, 2.24) is 10.2 Å². The van der Waals surface area contributed by atoms with E-state index in [0.29, 0.717) is 30.7 Å². The van der Waals surface area contributed by atoms with Gasteiger partial charge in [-0.3, -0.25) is 4.90 Å². The van der Waals surface area contributed by atoms with Gasteiger partial charge in [-0.2, -0.15) is 0 Å². The maximum Gasteiger partial charge on any atom is 0.258 e. The van der Waals surface area contributed by atoms with Crippen molar-refractivity contribution in [2.24, 2.45) is 0 Å². The summed E-state index contributed by atoms with van der Waals surface area (Å²) in [5.74, 6) is -0.0815. The van der Waals surface area contributed by atoms with Crippen LogP contribution in [0.4, 0.5) is 8.78 Å². The van der Waals surface area contributed by atoms with Crippen LogP contribution in [0.25, 0.3) is 0 Å². The molecule has 1 aliphatic heterocycles. The van der Waals surface area contributed by atoms with Crippen LogP contribution in [-0.2, 0) is 0 Å². The molecule has 0 radical (unpaired) electrons. The maximum absolute atomic E-state index is 13.3. The lowest BCUT2D eigenvalue weighted by atomic mass is 10.0. The van der Waals surface area contributed by atoms with E-state index in [0.717, 1.165) is 0 Å². The molecule has 0 bridgehead atoms. The third-order valence-corrected chi connectivity index (χ3v) is 3.59. The minimum absolute atomic E-state index is 0.0815. The van der Waals surface area contributed by atoms with Crippen molar-refractivity contribution < 1.29 is 13.9 Å². The van der Waals surface area contributed by atoms with E-state index >= 15 is 0 Å². The SMILES string of the molecule is Oc1ccc(Br)cc1[C@H](C(F)F)N1CCNCC1. The van der Waals surface area contributed by atoms with Crippen LogP contribution < -0.4 is 5.32 Å². The Morgan fingerprint density at radius 1 is 1.28 bits per heavy atom. The van der Waals surface area contributed by atoms with Crippen molar-refractivity contribution in [2.75, 3.05) is 26.2 Å². The van der Waals surface area contributed by atoms with Gasteiger partial charge < -0.3 is 10.4 Å². The monoisotopic (exact) mass is 320 g/mol. The Balaban J connectivity index is 2.31. The zero-order valence-corrected chi connectivity index (χ0v) is 11.3. The topological polar surface area (TPSA) is 35.5 Å². The highest BCUT2D eigenvalue weighted by Gasteiger charge is 2.32. The predicted molar refractivity (Wildman–Crippen MR) is 69.0 cm³/mol. The van der Waals surface area contributed by atoms with Crippen LogP contribution in [0.3, 0.4) is 0 Å².